The van der Waals surface area contributed by atoms with Gasteiger partial charge in [-0.3, -0.25) is 0 Å². The van der Waals surface area contributed by atoms with E-state index in [1.54, 1.807) is 0 Å². The van der Waals surface area contributed by atoms with Gasteiger partial charge in [-0.1, -0.05) is 184 Å². The van der Waals surface area contributed by atoms with E-state index in [1.807, 2.05) is 6.07 Å². The summed E-state index contributed by atoms with van der Waals surface area (Å²) in [5.41, 5.74) is 16.4. The van der Waals surface area contributed by atoms with E-state index < -0.39 is 0 Å². The Morgan fingerprint density at radius 2 is 0.922 bits per heavy atom. The van der Waals surface area contributed by atoms with E-state index in [-0.39, 0.29) is 5.41 Å². The van der Waals surface area contributed by atoms with E-state index >= 15 is 0 Å². The summed E-state index contributed by atoms with van der Waals surface area (Å²) >= 11 is 0. The van der Waals surface area contributed by atoms with Crippen LogP contribution < -0.4 is 0 Å². The van der Waals surface area contributed by atoms with E-state index in [1.165, 1.54) is 43.8 Å². The molecule has 0 atom stereocenters. The molecule has 300 valence electrons. The lowest BCUT2D eigenvalue weighted by Crippen LogP contribution is -2.14. The average Bonchev–Trinajstić information content (AvgIpc) is 3.82. The zero-order valence-corrected chi connectivity index (χ0v) is 35.4. The number of aromatic nitrogens is 2. The second-order valence-corrected chi connectivity index (χ2v) is 17.7. The predicted molar refractivity (Wildman–Crippen MR) is 267 cm³/mol. The molecule has 0 bridgehead atoms. The van der Waals surface area contributed by atoms with E-state index in [0.29, 0.717) is 5.82 Å². The maximum Gasteiger partial charge on any atom is 0.160 e. The van der Waals surface area contributed by atoms with Crippen molar-refractivity contribution < 1.29 is 4.42 Å². The molecule has 0 fully saturated rings. The molecule has 1 aliphatic rings. The molecule has 0 radical (unpaired) electrons. The largest absolute Gasteiger partial charge is 0.456 e. The molecule has 3 nitrogen and oxygen atoms in total. The zero-order valence-electron chi connectivity index (χ0n) is 35.4. The quantitative estimate of drug-likeness (QED) is 0.174. The zero-order chi connectivity index (χ0) is 42.5. The van der Waals surface area contributed by atoms with Gasteiger partial charge in [-0.2, -0.15) is 0 Å². The topological polar surface area (TPSA) is 38.9 Å². The van der Waals surface area contributed by atoms with Crippen LogP contribution in [-0.4, -0.2) is 9.97 Å². The number of nitrogens with zero attached hydrogens (tertiary/aromatic N) is 2. The van der Waals surface area contributed by atoms with Crippen LogP contribution in [0.3, 0.4) is 0 Å². The van der Waals surface area contributed by atoms with Gasteiger partial charge >= 0.3 is 0 Å². The smallest absolute Gasteiger partial charge is 0.160 e. The van der Waals surface area contributed by atoms with E-state index in [0.717, 1.165) is 83.0 Å². The first kappa shape index (κ1) is 36.5. The first-order valence-electron chi connectivity index (χ1n) is 22.1. The maximum absolute atomic E-state index is 6.54. The van der Waals surface area contributed by atoms with Crippen LogP contribution in [0.5, 0.6) is 0 Å². The van der Waals surface area contributed by atoms with Gasteiger partial charge in [-0.15, -0.1) is 0 Å². The van der Waals surface area contributed by atoms with Crippen LogP contribution in [0.25, 0.3) is 122 Å². The molecule has 13 rings (SSSR count). The number of benzene rings is 10. The Labute approximate surface area is 371 Å². The molecule has 64 heavy (non-hydrogen) atoms. The molecule has 0 saturated heterocycles. The van der Waals surface area contributed by atoms with Gasteiger partial charge in [-0.05, 0) is 113 Å². The van der Waals surface area contributed by atoms with E-state index in [9.17, 15) is 0 Å². The van der Waals surface area contributed by atoms with Crippen LogP contribution in [0.4, 0.5) is 0 Å². The number of furan rings is 1. The molecule has 10 aromatic carbocycles. The Hall–Kier alpha value is -8.14. The monoisotopic (exact) mass is 816 g/mol. The van der Waals surface area contributed by atoms with E-state index in [2.05, 4.69) is 214 Å². The second kappa shape index (κ2) is 13.9. The third kappa shape index (κ3) is 5.54. The second-order valence-electron chi connectivity index (χ2n) is 17.7. The lowest BCUT2D eigenvalue weighted by Gasteiger charge is -2.22. The molecule has 2 aromatic heterocycles. The summed E-state index contributed by atoms with van der Waals surface area (Å²) in [6.45, 7) is 4.70. The van der Waals surface area contributed by atoms with Crippen LogP contribution in [-0.2, 0) is 5.41 Å². The Balaban J connectivity index is 1.01. The highest BCUT2D eigenvalue weighted by Gasteiger charge is 2.37. The molecule has 12 aromatic rings. The minimum Gasteiger partial charge on any atom is -0.456 e. The van der Waals surface area contributed by atoms with Crippen LogP contribution in [0.2, 0.25) is 0 Å². The van der Waals surface area contributed by atoms with E-state index in [4.69, 9.17) is 14.4 Å². The van der Waals surface area contributed by atoms with Gasteiger partial charge < -0.3 is 4.42 Å². The molecule has 0 saturated carbocycles. The van der Waals surface area contributed by atoms with Crippen LogP contribution in [0, 0.1) is 0 Å². The summed E-state index contributed by atoms with van der Waals surface area (Å²) in [4.78, 5) is 10.8. The summed E-state index contributed by atoms with van der Waals surface area (Å²) in [6, 6.07) is 74.2. The van der Waals surface area contributed by atoms with Crippen molar-refractivity contribution in [1.29, 1.82) is 0 Å². The van der Waals surface area contributed by atoms with Gasteiger partial charge in [-0.25, -0.2) is 9.97 Å². The summed E-state index contributed by atoms with van der Waals surface area (Å²) < 4.78 is 6.54. The van der Waals surface area contributed by atoms with Crippen molar-refractivity contribution in [3.8, 4) is 67.3 Å². The fourth-order valence-corrected chi connectivity index (χ4v) is 10.6. The molecule has 1 aliphatic carbocycles. The maximum atomic E-state index is 6.54. The van der Waals surface area contributed by atoms with Crippen LogP contribution in [0.15, 0.2) is 211 Å². The third-order valence-electron chi connectivity index (χ3n) is 13.7. The van der Waals surface area contributed by atoms with Crippen molar-refractivity contribution in [2.45, 2.75) is 19.3 Å². The Morgan fingerprint density at radius 3 is 1.69 bits per heavy atom. The fraction of sp³-hybridized carbons (Fsp3) is 0.0492. The summed E-state index contributed by atoms with van der Waals surface area (Å²) in [7, 11) is 0. The Bertz CT molecular complexity index is 3880. The van der Waals surface area contributed by atoms with Crippen molar-refractivity contribution in [2.24, 2.45) is 0 Å². The number of hydrogen-bond acceptors (Lipinski definition) is 3. The van der Waals surface area contributed by atoms with Gasteiger partial charge in [0, 0.05) is 32.9 Å². The van der Waals surface area contributed by atoms with Crippen LogP contribution >= 0.6 is 0 Å². The molecular formula is C61H40N2O. The first-order chi connectivity index (χ1) is 31.5. The molecular weight excluding hydrogens is 777 g/mol. The highest BCUT2D eigenvalue weighted by Crippen LogP contribution is 2.53. The normalized spacial score (nSPS) is 13.0. The first-order valence-corrected chi connectivity index (χ1v) is 22.1. The minimum atomic E-state index is -0.171. The lowest BCUT2D eigenvalue weighted by molar-refractivity contribution is 0.661. The molecule has 0 N–H and O–H groups in total. The number of hydrogen-bond donors (Lipinski definition) is 0. The molecule has 3 heteroatoms. The van der Waals surface area contributed by atoms with Crippen molar-refractivity contribution in [3.05, 3.63) is 217 Å². The number of rotatable bonds is 5. The molecule has 0 spiro atoms. The van der Waals surface area contributed by atoms with Crippen molar-refractivity contribution in [2.75, 3.05) is 0 Å². The molecule has 0 aliphatic heterocycles. The standard InChI is InChI=1S/C61H40N2O/c1-61(2)52-28-14-27-49(58(52)50-32-38-18-6-8-20-40(38)34-53(50)61)55-36-54(62-60(63-55)37-16-4-3-5-17-37)47-31-30-46(42-22-10-12-24-44(42)47)43-23-11-13-25-45(43)48-26-15-29-56-59(48)51-33-39-19-7-9-21-41(39)35-57(51)64-56/h3-36H,1-2H3. The molecule has 0 unspecified atom stereocenters. The van der Waals surface area contributed by atoms with Gasteiger partial charge in [0.05, 0.1) is 11.4 Å². The van der Waals surface area contributed by atoms with Gasteiger partial charge in [0.2, 0.25) is 0 Å². The molecule has 0 amide bonds. The van der Waals surface area contributed by atoms with Crippen LogP contribution in [0.1, 0.15) is 25.0 Å². The van der Waals surface area contributed by atoms with Gasteiger partial charge in [0.25, 0.3) is 0 Å². The minimum absolute atomic E-state index is 0.171. The highest BCUT2D eigenvalue weighted by atomic mass is 16.3. The number of fused-ring (bicyclic) bond motifs is 9. The summed E-state index contributed by atoms with van der Waals surface area (Å²) in [5, 5.41) is 9.42. The van der Waals surface area contributed by atoms with Crippen molar-refractivity contribution in [3.63, 3.8) is 0 Å². The molecule has 2 heterocycles. The fourth-order valence-electron chi connectivity index (χ4n) is 10.6. The highest BCUT2D eigenvalue weighted by molar-refractivity contribution is 6.17. The Kier molecular flexibility index (Phi) is 7.95. The SMILES string of the molecule is CC1(C)c2cc3ccccc3cc2-c2c(-c3cc(-c4ccc(-c5ccccc5-c5cccc6oc7cc8ccccc8cc7c56)c5ccccc45)nc(-c4ccccc4)n3)cccc21. The Morgan fingerprint density at radius 1 is 0.359 bits per heavy atom. The van der Waals surface area contributed by atoms with Gasteiger partial charge in [0.1, 0.15) is 11.2 Å². The van der Waals surface area contributed by atoms with Crippen molar-refractivity contribution >= 4 is 54.3 Å². The van der Waals surface area contributed by atoms with Gasteiger partial charge in [0.15, 0.2) is 5.82 Å². The predicted octanol–water partition coefficient (Wildman–Crippen LogP) is 16.5. The summed E-state index contributed by atoms with van der Waals surface area (Å²) in [5.74, 6) is 0.702. The average molecular weight is 817 g/mol. The lowest BCUT2D eigenvalue weighted by atomic mass is 9.81. The van der Waals surface area contributed by atoms with Crippen molar-refractivity contribution in [1.82, 2.24) is 9.97 Å². The summed E-state index contributed by atoms with van der Waals surface area (Å²) in [6.07, 6.45) is 0. The third-order valence-corrected chi connectivity index (χ3v) is 13.7.